The summed E-state index contributed by atoms with van der Waals surface area (Å²) < 4.78 is 0. The van der Waals surface area contributed by atoms with Crippen LogP contribution in [-0.2, 0) is 10.2 Å². The summed E-state index contributed by atoms with van der Waals surface area (Å²) in [5.41, 5.74) is -0.883. The van der Waals surface area contributed by atoms with Gasteiger partial charge in [0, 0.05) is 10.8 Å². The Morgan fingerprint density at radius 1 is 1.35 bits per heavy atom. The molecule has 0 aliphatic carbocycles. The number of carbonyl (C=O) groups is 1. The van der Waals surface area contributed by atoms with Crippen LogP contribution in [0.25, 0.3) is 0 Å². The van der Waals surface area contributed by atoms with Crippen LogP contribution in [0, 0.1) is 5.41 Å². The first-order chi connectivity index (χ1) is 7.56. The second-order valence-electron chi connectivity index (χ2n) is 5.76. The second-order valence-corrected chi connectivity index (χ2v) is 6.62. The van der Waals surface area contributed by atoms with Crippen LogP contribution in [0.2, 0.25) is 0 Å². The fourth-order valence-corrected chi connectivity index (χ4v) is 2.17. The van der Waals surface area contributed by atoms with Crippen LogP contribution in [0.15, 0.2) is 5.38 Å². The van der Waals surface area contributed by atoms with Crippen LogP contribution >= 0.6 is 11.3 Å². The zero-order valence-electron chi connectivity index (χ0n) is 10.8. The number of aliphatic hydroxyl groups excluding tert-OH is 1. The predicted octanol–water partition coefficient (Wildman–Crippen LogP) is 2.58. The van der Waals surface area contributed by atoms with Crippen molar-refractivity contribution >= 4 is 17.3 Å². The number of nitrogens with zero attached hydrogens (tertiary/aromatic N) is 1. The number of carboxylic acids is 1. The summed E-state index contributed by atoms with van der Waals surface area (Å²) in [5.74, 6) is -1.03. The number of hydrogen-bond donors (Lipinski definition) is 2. The minimum Gasteiger partial charge on any atom is -0.481 e. The summed E-state index contributed by atoms with van der Waals surface area (Å²) >= 11 is 1.45. The molecule has 17 heavy (non-hydrogen) atoms. The Morgan fingerprint density at radius 2 is 1.88 bits per heavy atom. The van der Waals surface area contributed by atoms with E-state index in [1.165, 1.54) is 25.2 Å². The van der Waals surface area contributed by atoms with Crippen molar-refractivity contribution in [2.75, 3.05) is 0 Å². The normalized spacial score (nSPS) is 14.7. The van der Waals surface area contributed by atoms with Crippen LogP contribution < -0.4 is 0 Å². The van der Waals surface area contributed by atoms with Gasteiger partial charge in [-0.15, -0.1) is 11.3 Å². The maximum Gasteiger partial charge on any atom is 0.312 e. The molecule has 0 spiro atoms. The van der Waals surface area contributed by atoms with Crippen molar-refractivity contribution in [2.24, 2.45) is 5.41 Å². The highest BCUT2D eigenvalue weighted by Crippen LogP contribution is 2.36. The molecule has 0 aromatic carbocycles. The summed E-state index contributed by atoms with van der Waals surface area (Å²) in [7, 11) is 0. The lowest BCUT2D eigenvalue weighted by Gasteiger charge is -2.24. The molecule has 1 heterocycles. The molecule has 0 amide bonds. The quantitative estimate of drug-likeness (QED) is 0.873. The van der Waals surface area contributed by atoms with E-state index >= 15 is 0 Å². The van der Waals surface area contributed by atoms with Gasteiger partial charge in [0.15, 0.2) is 0 Å². The van der Waals surface area contributed by atoms with Crippen LogP contribution in [0.3, 0.4) is 0 Å². The maximum absolute atomic E-state index is 11.1. The topological polar surface area (TPSA) is 70.4 Å². The Balaban J connectivity index is 3.03. The lowest BCUT2D eigenvalue weighted by Crippen LogP contribution is -2.31. The smallest absolute Gasteiger partial charge is 0.312 e. The van der Waals surface area contributed by atoms with E-state index in [2.05, 4.69) is 4.98 Å². The third-order valence-corrected chi connectivity index (χ3v) is 3.96. The molecule has 1 aromatic rings. The van der Waals surface area contributed by atoms with Gasteiger partial charge in [0.2, 0.25) is 0 Å². The second kappa shape index (κ2) is 4.38. The molecule has 1 aromatic heterocycles. The van der Waals surface area contributed by atoms with Crippen LogP contribution in [0.5, 0.6) is 0 Å². The molecular formula is C12H19NO3S. The van der Waals surface area contributed by atoms with E-state index in [-0.39, 0.29) is 5.41 Å². The lowest BCUT2D eigenvalue weighted by molar-refractivity contribution is -0.153. The van der Waals surface area contributed by atoms with Gasteiger partial charge in [0.05, 0.1) is 16.1 Å². The van der Waals surface area contributed by atoms with E-state index in [9.17, 15) is 9.90 Å². The molecule has 5 heteroatoms. The maximum atomic E-state index is 11.1. The van der Waals surface area contributed by atoms with E-state index in [0.717, 1.165) is 5.01 Å². The molecule has 0 saturated carbocycles. The van der Waals surface area contributed by atoms with E-state index in [1.54, 1.807) is 5.38 Å². The predicted molar refractivity (Wildman–Crippen MR) is 67.2 cm³/mol. The Morgan fingerprint density at radius 3 is 2.24 bits per heavy atom. The molecule has 1 rings (SSSR count). The molecule has 1 unspecified atom stereocenters. The Hall–Kier alpha value is -0.940. The van der Waals surface area contributed by atoms with Gasteiger partial charge >= 0.3 is 5.97 Å². The fourth-order valence-electron chi connectivity index (χ4n) is 1.24. The van der Waals surface area contributed by atoms with E-state index in [0.29, 0.717) is 5.69 Å². The first-order valence-corrected chi connectivity index (χ1v) is 6.32. The van der Waals surface area contributed by atoms with Gasteiger partial charge < -0.3 is 10.2 Å². The van der Waals surface area contributed by atoms with Crippen LogP contribution in [0.4, 0.5) is 0 Å². The summed E-state index contributed by atoms with van der Waals surface area (Å²) in [4.78, 5) is 15.4. The van der Waals surface area contributed by atoms with Gasteiger partial charge in [0.25, 0.3) is 0 Å². The number of aliphatic hydroxyl groups is 1. The van der Waals surface area contributed by atoms with E-state index in [4.69, 9.17) is 5.11 Å². The summed E-state index contributed by atoms with van der Waals surface area (Å²) in [6.07, 6.45) is -1.09. The van der Waals surface area contributed by atoms with Crippen molar-refractivity contribution in [3.05, 3.63) is 16.1 Å². The zero-order valence-corrected chi connectivity index (χ0v) is 11.6. The van der Waals surface area contributed by atoms with Gasteiger partial charge in [-0.1, -0.05) is 20.8 Å². The van der Waals surface area contributed by atoms with Crippen molar-refractivity contribution in [3.63, 3.8) is 0 Å². The minimum absolute atomic E-state index is 0.0873. The fraction of sp³-hybridized carbons (Fsp3) is 0.667. The van der Waals surface area contributed by atoms with Gasteiger partial charge in [-0.05, 0) is 13.8 Å². The summed E-state index contributed by atoms with van der Waals surface area (Å²) in [6, 6.07) is 0. The SMILES string of the molecule is CC(C)(C)c1nc(C(O)C(C)(C)C(=O)O)cs1. The third-order valence-electron chi connectivity index (χ3n) is 2.68. The van der Waals surface area contributed by atoms with E-state index < -0.39 is 17.5 Å². The number of aliphatic carboxylic acids is 1. The minimum atomic E-state index is -1.23. The highest BCUT2D eigenvalue weighted by molar-refractivity contribution is 7.09. The average molecular weight is 257 g/mol. The highest BCUT2D eigenvalue weighted by Gasteiger charge is 2.38. The van der Waals surface area contributed by atoms with Crippen LogP contribution in [-0.4, -0.2) is 21.2 Å². The standard InChI is InChI=1S/C12H19NO3S/c1-11(2,3)9-13-7(6-17-9)8(14)12(4,5)10(15)16/h6,8,14H,1-5H3,(H,15,16). The molecule has 4 nitrogen and oxygen atoms in total. The number of aromatic nitrogens is 1. The van der Waals surface area contributed by atoms with E-state index in [1.807, 2.05) is 20.8 Å². The first-order valence-electron chi connectivity index (χ1n) is 5.44. The van der Waals surface area contributed by atoms with Gasteiger partial charge in [-0.25, -0.2) is 4.98 Å². The molecule has 2 N–H and O–H groups in total. The van der Waals surface area contributed by atoms with Gasteiger partial charge in [-0.3, -0.25) is 4.79 Å². The molecule has 0 radical (unpaired) electrons. The van der Waals surface area contributed by atoms with Crippen molar-refractivity contribution < 1.29 is 15.0 Å². The number of hydrogen-bond acceptors (Lipinski definition) is 4. The van der Waals surface area contributed by atoms with Gasteiger partial charge in [-0.2, -0.15) is 0 Å². The van der Waals surface area contributed by atoms with Crippen molar-refractivity contribution in [3.8, 4) is 0 Å². The molecular weight excluding hydrogens is 238 g/mol. The summed E-state index contributed by atoms with van der Waals surface area (Å²) in [6.45, 7) is 9.09. The number of rotatable bonds is 3. The Bertz CT molecular complexity index is 418. The Labute approximate surface area is 105 Å². The van der Waals surface area contributed by atoms with Gasteiger partial charge in [0.1, 0.15) is 6.10 Å². The van der Waals surface area contributed by atoms with Crippen molar-refractivity contribution in [1.82, 2.24) is 4.98 Å². The monoisotopic (exact) mass is 257 g/mol. The lowest BCUT2D eigenvalue weighted by atomic mass is 9.85. The van der Waals surface area contributed by atoms with Crippen molar-refractivity contribution in [1.29, 1.82) is 0 Å². The largest absolute Gasteiger partial charge is 0.481 e. The number of thiazole rings is 1. The van der Waals surface area contributed by atoms with Crippen molar-refractivity contribution in [2.45, 2.75) is 46.1 Å². The molecule has 1 atom stereocenters. The van der Waals surface area contributed by atoms with Crippen LogP contribution in [0.1, 0.15) is 51.4 Å². The molecule has 0 aliphatic heterocycles. The molecule has 96 valence electrons. The third kappa shape index (κ3) is 2.84. The molecule has 0 saturated heterocycles. The first kappa shape index (κ1) is 14.1. The Kier molecular flexibility index (Phi) is 3.64. The summed E-state index contributed by atoms with van der Waals surface area (Å²) in [5, 5.41) is 21.7. The molecule has 0 fully saturated rings. The average Bonchev–Trinajstić information content (AvgIpc) is 2.63. The number of carboxylic acid groups (broad SMARTS) is 1. The zero-order chi connectivity index (χ0) is 13.4. The molecule has 0 aliphatic rings. The highest BCUT2D eigenvalue weighted by atomic mass is 32.1. The molecule has 0 bridgehead atoms.